The number of carbonyl (C=O) groups excluding carboxylic acids is 1. The lowest BCUT2D eigenvalue weighted by atomic mass is 9.92. The molecule has 1 saturated carbocycles. The number of aliphatic hydroxyl groups is 1. The molecule has 0 spiro atoms. The Bertz CT molecular complexity index is 253. The van der Waals surface area contributed by atoms with Crippen LogP contribution in [0.2, 0.25) is 0 Å². The van der Waals surface area contributed by atoms with Crippen molar-refractivity contribution < 1.29 is 14.6 Å². The van der Waals surface area contributed by atoms with Crippen molar-refractivity contribution in [1.82, 2.24) is 5.32 Å². The van der Waals surface area contributed by atoms with Crippen LogP contribution in [0.5, 0.6) is 0 Å². The van der Waals surface area contributed by atoms with Crippen molar-refractivity contribution in [2.75, 3.05) is 13.2 Å². The third-order valence-electron chi connectivity index (χ3n) is 2.87. The normalized spacial score (nSPS) is 25.1. The second kappa shape index (κ2) is 6.66. The molecule has 2 atom stereocenters. The van der Waals surface area contributed by atoms with Crippen molar-refractivity contribution in [3.8, 4) is 0 Å². The zero-order chi connectivity index (χ0) is 12.0. The van der Waals surface area contributed by atoms with E-state index in [4.69, 9.17) is 4.74 Å². The Morgan fingerprint density at radius 3 is 2.81 bits per heavy atom. The zero-order valence-corrected chi connectivity index (χ0v) is 9.87. The third-order valence-corrected chi connectivity index (χ3v) is 2.87. The molecule has 0 saturated heterocycles. The van der Waals surface area contributed by atoms with Gasteiger partial charge in [-0.25, -0.2) is 4.79 Å². The molecule has 4 nitrogen and oxygen atoms in total. The number of aliphatic hydroxyl groups excluding tert-OH is 1. The van der Waals surface area contributed by atoms with Crippen molar-refractivity contribution in [2.45, 2.75) is 44.8 Å². The minimum atomic E-state index is -0.361. The van der Waals surface area contributed by atoms with Crippen molar-refractivity contribution in [3.63, 3.8) is 0 Å². The summed E-state index contributed by atoms with van der Waals surface area (Å²) in [6.07, 6.45) is 3.70. The number of ether oxygens (including phenoxy) is 1. The Kier molecular flexibility index (Phi) is 5.49. The number of hydrogen-bond acceptors (Lipinski definition) is 4. The lowest BCUT2D eigenvalue weighted by molar-refractivity contribution is -0.138. The van der Waals surface area contributed by atoms with Gasteiger partial charge in [-0.2, -0.15) is 0 Å². The van der Waals surface area contributed by atoms with E-state index in [1.807, 2.05) is 0 Å². The van der Waals surface area contributed by atoms with E-state index in [2.05, 4.69) is 11.9 Å². The molecule has 1 aliphatic carbocycles. The van der Waals surface area contributed by atoms with Crippen molar-refractivity contribution in [2.24, 2.45) is 0 Å². The first kappa shape index (κ1) is 13.2. The molecule has 1 aliphatic rings. The predicted octanol–water partition coefficient (Wildman–Crippen LogP) is 0.999. The first-order chi connectivity index (χ1) is 7.65. The van der Waals surface area contributed by atoms with Gasteiger partial charge in [0.15, 0.2) is 0 Å². The monoisotopic (exact) mass is 227 g/mol. The smallest absolute Gasteiger partial charge is 0.334 e. The topological polar surface area (TPSA) is 58.6 Å². The number of esters is 1. The van der Waals surface area contributed by atoms with Crippen LogP contribution in [0.3, 0.4) is 0 Å². The summed E-state index contributed by atoms with van der Waals surface area (Å²) in [4.78, 5) is 11.3. The maximum absolute atomic E-state index is 11.3. The molecule has 0 aromatic heterocycles. The summed E-state index contributed by atoms with van der Waals surface area (Å²) in [6, 6.07) is 0.0833. The first-order valence-electron chi connectivity index (χ1n) is 5.91. The van der Waals surface area contributed by atoms with Crippen molar-refractivity contribution in [3.05, 3.63) is 12.2 Å². The quantitative estimate of drug-likeness (QED) is 0.543. The van der Waals surface area contributed by atoms with E-state index in [0.717, 1.165) is 25.7 Å². The molecule has 1 rings (SSSR count). The second-order valence-corrected chi connectivity index (χ2v) is 4.16. The number of rotatable bonds is 5. The van der Waals surface area contributed by atoms with Gasteiger partial charge in [-0.1, -0.05) is 19.4 Å². The molecule has 0 aromatic rings. The predicted molar refractivity (Wildman–Crippen MR) is 62.0 cm³/mol. The van der Waals surface area contributed by atoms with Crippen LogP contribution in [0, 0.1) is 0 Å². The molecule has 0 amide bonds. The Hall–Kier alpha value is -0.870. The molecule has 4 heteroatoms. The molecule has 0 aliphatic heterocycles. The molecule has 0 heterocycles. The molecule has 0 aromatic carbocycles. The van der Waals surface area contributed by atoms with E-state index in [9.17, 15) is 9.90 Å². The lowest BCUT2D eigenvalue weighted by Gasteiger charge is -2.28. The molecule has 16 heavy (non-hydrogen) atoms. The fourth-order valence-electron chi connectivity index (χ4n) is 1.91. The van der Waals surface area contributed by atoms with Gasteiger partial charge < -0.3 is 15.2 Å². The van der Waals surface area contributed by atoms with Gasteiger partial charge in [0.25, 0.3) is 0 Å². The first-order valence-corrected chi connectivity index (χ1v) is 5.91. The van der Waals surface area contributed by atoms with Crippen molar-refractivity contribution in [1.29, 1.82) is 0 Å². The van der Waals surface area contributed by atoms with Gasteiger partial charge in [-0.3, -0.25) is 0 Å². The molecular formula is C12H21NO3. The van der Waals surface area contributed by atoms with Crippen LogP contribution < -0.4 is 5.32 Å². The Labute approximate surface area is 96.7 Å². The highest BCUT2D eigenvalue weighted by molar-refractivity contribution is 5.88. The standard InChI is InChI=1S/C12H21NO3/c1-3-16-12(15)9(2)8-13-10-6-4-5-7-11(10)14/h10-11,13-14H,2-8H2,1H3. The average Bonchev–Trinajstić information content (AvgIpc) is 2.28. The highest BCUT2D eigenvalue weighted by Crippen LogP contribution is 2.18. The summed E-state index contributed by atoms with van der Waals surface area (Å²) in [5, 5.41) is 12.9. The van der Waals surface area contributed by atoms with Crippen LogP contribution >= 0.6 is 0 Å². The van der Waals surface area contributed by atoms with E-state index in [1.54, 1.807) is 6.92 Å². The van der Waals surface area contributed by atoms with Gasteiger partial charge in [0, 0.05) is 18.2 Å². The van der Waals surface area contributed by atoms with E-state index in [0.29, 0.717) is 18.7 Å². The largest absolute Gasteiger partial charge is 0.463 e. The summed E-state index contributed by atoms with van der Waals surface area (Å²) < 4.78 is 4.83. The minimum absolute atomic E-state index is 0.0833. The molecule has 0 bridgehead atoms. The summed E-state index contributed by atoms with van der Waals surface area (Å²) in [5.74, 6) is -0.361. The lowest BCUT2D eigenvalue weighted by Crippen LogP contribution is -2.43. The molecule has 2 N–H and O–H groups in total. The molecule has 1 fully saturated rings. The summed E-state index contributed by atoms with van der Waals surface area (Å²) in [6.45, 7) is 6.19. The minimum Gasteiger partial charge on any atom is -0.463 e. The van der Waals surface area contributed by atoms with Gasteiger partial charge >= 0.3 is 5.97 Å². The fraction of sp³-hybridized carbons (Fsp3) is 0.750. The summed E-state index contributed by atoms with van der Waals surface area (Å²) in [5.41, 5.74) is 0.416. The molecule has 2 unspecified atom stereocenters. The van der Waals surface area contributed by atoms with Gasteiger partial charge in [0.05, 0.1) is 12.7 Å². The van der Waals surface area contributed by atoms with Gasteiger partial charge in [-0.15, -0.1) is 0 Å². The average molecular weight is 227 g/mol. The van der Waals surface area contributed by atoms with Crippen LogP contribution in [0.4, 0.5) is 0 Å². The summed E-state index contributed by atoms with van der Waals surface area (Å²) in [7, 11) is 0. The highest BCUT2D eigenvalue weighted by atomic mass is 16.5. The third kappa shape index (κ3) is 3.94. The van der Waals surface area contributed by atoms with Gasteiger partial charge in [0.1, 0.15) is 0 Å². The van der Waals surface area contributed by atoms with E-state index in [-0.39, 0.29) is 18.1 Å². The Morgan fingerprint density at radius 1 is 1.50 bits per heavy atom. The van der Waals surface area contributed by atoms with Crippen LogP contribution in [0.1, 0.15) is 32.6 Å². The van der Waals surface area contributed by atoms with Crippen LogP contribution in [0.25, 0.3) is 0 Å². The maximum Gasteiger partial charge on any atom is 0.334 e. The number of nitrogens with one attached hydrogen (secondary N) is 1. The van der Waals surface area contributed by atoms with Crippen LogP contribution in [0.15, 0.2) is 12.2 Å². The van der Waals surface area contributed by atoms with Gasteiger partial charge in [0.2, 0.25) is 0 Å². The second-order valence-electron chi connectivity index (χ2n) is 4.16. The maximum atomic E-state index is 11.3. The van der Waals surface area contributed by atoms with Crippen LogP contribution in [-0.4, -0.2) is 36.4 Å². The van der Waals surface area contributed by atoms with Gasteiger partial charge in [-0.05, 0) is 19.8 Å². The molecule has 0 radical (unpaired) electrons. The number of hydrogen-bond donors (Lipinski definition) is 2. The van der Waals surface area contributed by atoms with E-state index in [1.165, 1.54) is 0 Å². The highest BCUT2D eigenvalue weighted by Gasteiger charge is 2.22. The Morgan fingerprint density at radius 2 is 2.19 bits per heavy atom. The molecule has 92 valence electrons. The number of carbonyl (C=O) groups is 1. The van der Waals surface area contributed by atoms with E-state index >= 15 is 0 Å². The van der Waals surface area contributed by atoms with E-state index < -0.39 is 0 Å². The summed E-state index contributed by atoms with van der Waals surface area (Å²) >= 11 is 0. The SMILES string of the molecule is C=C(CNC1CCCCC1O)C(=O)OCC. The zero-order valence-electron chi connectivity index (χ0n) is 9.87. The molecular weight excluding hydrogens is 206 g/mol. The van der Waals surface area contributed by atoms with Crippen molar-refractivity contribution >= 4 is 5.97 Å². The Balaban J connectivity index is 2.27. The van der Waals surface area contributed by atoms with Crippen LogP contribution in [-0.2, 0) is 9.53 Å². The fourth-order valence-corrected chi connectivity index (χ4v) is 1.91.